The first-order chi connectivity index (χ1) is 9.43. The van der Waals surface area contributed by atoms with Gasteiger partial charge in [-0.2, -0.15) is 0 Å². The molecule has 114 valence electrons. The number of hydrogen-bond donors (Lipinski definition) is 1. The number of hydrogen-bond acceptors (Lipinski definition) is 4. The van der Waals surface area contributed by atoms with Crippen molar-refractivity contribution < 1.29 is 9.21 Å². The zero-order chi connectivity index (χ0) is 15.1. The van der Waals surface area contributed by atoms with Crippen LogP contribution < -0.4 is 5.32 Å². The lowest BCUT2D eigenvalue weighted by atomic mass is 10.1. The number of furan rings is 1. The zero-order valence-electron chi connectivity index (χ0n) is 13.3. The van der Waals surface area contributed by atoms with E-state index in [-0.39, 0.29) is 11.8 Å². The Balaban J connectivity index is 2.70. The lowest BCUT2D eigenvalue weighted by molar-refractivity contribution is -0.135. The van der Waals surface area contributed by atoms with Crippen LogP contribution in [0.5, 0.6) is 0 Å². The summed E-state index contributed by atoms with van der Waals surface area (Å²) < 4.78 is 5.59. The Morgan fingerprint density at radius 2 is 2.05 bits per heavy atom. The molecule has 1 heterocycles. The lowest BCUT2D eigenvalue weighted by Gasteiger charge is -2.26. The predicted octanol–water partition coefficient (Wildman–Crippen LogP) is 1.33. The summed E-state index contributed by atoms with van der Waals surface area (Å²) in [7, 11) is 5.89. The molecule has 1 aromatic rings. The summed E-state index contributed by atoms with van der Waals surface area (Å²) in [5.74, 6) is 1.85. The first kappa shape index (κ1) is 16.7. The first-order valence-corrected chi connectivity index (χ1v) is 7.07. The fourth-order valence-corrected chi connectivity index (χ4v) is 2.05. The molecule has 1 amide bonds. The smallest absolute Gasteiger partial charge is 0.227 e. The van der Waals surface area contributed by atoms with Gasteiger partial charge in [-0.1, -0.05) is 6.92 Å². The number of carbonyl (C=O) groups excluding carboxylic acids is 1. The second kappa shape index (κ2) is 8.07. The maximum Gasteiger partial charge on any atom is 0.227 e. The summed E-state index contributed by atoms with van der Waals surface area (Å²) in [6, 6.07) is 3.87. The van der Waals surface area contributed by atoms with E-state index in [2.05, 4.69) is 10.2 Å². The third-order valence-corrected chi connectivity index (χ3v) is 3.20. The van der Waals surface area contributed by atoms with Crippen LogP contribution in [0.15, 0.2) is 16.5 Å². The Bertz CT molecular complexity index is 415. The normalized spacial score (nSPS) is 12.7. The van der Waals surface area contributed by atoms with Gasteiger partial charge in [-0.15, -0.1) is 0 Å². The summed E-state index contributed by atoms with van der Waals surface area (Å²) in [6.07, 6.45) is 0. The minimum absolute atomic E-state index is 0.0294. The van der Waals surface area contributed by atoms with E-state index in [0.29, 0.717) is 19.6 Å². The Hall–Kier alpha value is -1.33. The molecule has 1 atom stereocenters. The number of carbonyl (C=O) groups is 1. The van der Waals surface area contributed by atoms with Crippen molar-refractivity contribution in [2.24, 2.45) is 5.92 Å². The topological polar surface area (TPSA) is 48.7 Å². The fourth-order valence-electron chi connectivity index (χ4n) is 2.05. The summed E-state index contributed by atoms with van der Waals surface area (Å²) in [6.45, 7) is 6.65. The average Bonchev–Trinajstić information content (AvgIpc) is 2.79. The number of aryl methyl sites for hydroxylation is 1. The SMILES string of the molecule is CNCC(C)C(=O)N(CCN(C)C)Cc1ccc(C)o1. The highest BCUT2D eigenvalue weighted by Crippen LogP contribution is 2.12. The van der Waals surface area contributed by atoms with Gasteiger partial charge in [-0.25, -0.2) is 0 Å². The fraction of sp³-hybridized carbons (Fsp3) is 0.667. The van der Waals surface area contributed by atoms with Gasteiger partial charge in [-0.05, 0) is 40.2 Å². The molecule has 1 unspecified atom stereocenters. The highest BCUT2D eigenvalue weighted by Gasteiger charge is 2.21. The van der Waals surface area contributed by atoms with Crippen molar-refractivity contribution in [3.8, 4) is 0 Å². The van der Waals surface area contributed by atoms with Crippen LogP contribution in [0.2, 0.25) is 0 Å². The summed E-state index contributed by atoms with van der Waals surface area (Å²) in [4.78, 5) is 16.4. The summed E-state index contributed by atoms with van der Waals surface area (Å²) in [5.41, 5.74) is 0. The van der Waals surface area contributed by atoms with Crippen molar-refractivity contribution in [3.63, 3.8) is 0 Å². The molecule has 0 aromatic carbocycles. The number of nitrogens with zero attached hydrogens (tertiary/aromatic N) is 2. The Kier molecular flexibility index (Phi) is 6.75. The molecule has 5 heteroatoms. The molecule has 0 aliphatic heterocycles. The zero-order valence-corrected chi connectivity index (χ0v) is 13.3. The monoisotopic (exact) mass is 281 g/mol. The molecule has 1 rings (SSSR count). The molecule has 5 nitrogen and oxygen atoms in total. The van der Waals surface area contributed by atoms with E-state index in [1.165, 1.54) is 0 Å². The minimum atomic E-state index is -0.0294. The molecule has 0 aliphatic rings. The molecule has 0 radical (unpaired) electrons. The van der Waals surface area contributed by atoms with E-state index in [0.717, 1.165) is 18.1 Å². The van der Waals surface area contributed by atoms with E-state index >= 15 is 0 Å². The van der Waals surface area contributed by atoms with Gasteiger partial charge in [0.05, 0.1) is 6.54 Å². The van der Waals surface area contributed by atoms with Gasteiger partial charge in [0, 0.05) is 25.6 Å². The van der Waals surface area contributed by atoms with Crippen LogP contribution in [0, 0.1) is 12.8 Å². The van der Waals surface area contributed by atoms with Gasteiger partial charge in [0.2, 0.25) is 5.91 Å². The second-order valence-corrected chi connectivity index (χ2v) is 5.53. The van der Waals surface area contributed by atoms with E-state index in [4.69, 9.17) is 4.42 Å². The van der Waals surface area contributed by atoms with Gasteiger partial charge < -0.3 is 19.5 Å². The molecule has 0 bridgehead atoms. The van der Waals surface area contributed by atoms with Gasteiger partial charge in [0.1, 0.15) is 11.5 Å². The molecule has 0 spiro atoms. The number of rotatable bonds is 8. The maximum atomic E-state index is 12.5. The van der Waals surface area contributed by atoms with Crippen molar-refractivity contribution in [3.05, 3.63) is 23.7 Å². The molecule has 0 fully saturated rings. The lowest BCUT2D eigenvalue weighted by Crippen LogP contribution is -2.41. The third kappa shape index (κ3) is 5.35. The second-order valence-electron chi connectivity index (χ2n) is 5.53. The van der Waals surface area contributed by atoms with E-state index in [9.17, 15) is 4.79 Å². The van der Waals surface area contributed by atoms with Crippen molar-refractivity contribution in [2.45, 2.75) is 20.4 Å². The molecule has 0 saturated heterocycles. The van der Waals surface area contributed by atoms with Crippen LogP contribution in [-0.4, -0.2) is 56.5 Å². The maximum absolute atomic E-state index is 12.5. The van der Waals surface area contributed by atoms with Crippen LogP contribution in [-0.2, 0) is 11.3 Å². The number of nitrogens with one attached hydrogen (secondary N) is 1. The van der Waals surface area contributed by atoms with Crippen molar-refractivity contribution in [1.82, 2.24) is 15.1 Å². The van der Waals surface area contributed by atoms with Gasteiger partial charge in [0.15, 0.2) is 0 Å². The van der Waals surface area contributed by atoms with E-state index < -0.39 is 0 Å². The number of amides is 1. The average molecular weight is 281 g/mol. The molecular formula is C15H27N3O2. The molecular weight excluding hydrogens is 254 g/mol. The third-order valence-electron chi connectivity index (χ3n) is 3.20. The summed E-state index contributed by atoms with van der Waals surface area (Å²) >= 11 is 0. The van der Waals surface area contributed by atoms with Crippen LogP contribution in [0.4, 0.5) is 0 Å². The molecule has 1 aromatic heterocycles. The Morgan fingerprint density at radius 3 is 2.55 bits per heavy atom. The standard InChI is InChI=1S/C15H27N3O2/c1-12(10-16-3)15(19)18(9-8-17(4)5)11-14-7-6-13(2)20-14/h6-7,12,16H,8-11H2,1-5H3. The Morgan fingerprint density at radius 1 is 1.35 bits per heavy atom. The summed E-state index contributed by atoms with van der Waals surface area (Å²) in [5, 5.41) is 3.05. The molecule has 1 N–H and O–H groups in total. The van der Waals surface area contributed by atoms with Crippen LogP contribution in [0.25, 0.3) is 0 Å². The molecule has 0 saturated carbocycles. The van der Waals surface area contributed by atoms with Crippen molar-refractivity contribution in [1.29, 1.82) is 0 Å². The molecule has 20 heavy (non-hydrogen) atoms. The van der Waals surface area contributed by atoms with E-state index in [1.54, 1.807) is 0 Å². The van der Waals surface area contributed by atoms with E-state index in [1.807, 2.05) is 52.0 Å². The van der Waals surface area contributed by atoms with Crippen molar-refractivity contribution in [2.75, 3.05) is 40.8 Å². The van der Waals surface area contributed by atoms with Crippen molar-refractivity contribution >= 4 is 5.91 Å². The van der Waals surface area contributed by atoms with Crippen LogP contribution in [0.1, 0.15) is 18.4 Å². The number of likely N-dealkylation sites (N-methyl/N-ethyl adjacent to an activating group) is 1. The quantitative estimate of drug-likeness (QED) is 0.781. The van der Waals surface area contributed by atoms with Crippen LogP contribution in [0.3, 0.4) is 0 Å². The first-order valence-electron chi connectivity index (χ1n) is 7.07. The minimum Gasteiger partial charge on any atom is -0.464 e. The largest absolute Gasteiger partial charge is 0.464 e. The van der Waals surface area contributed by atoms with Gasteiger partial charge >= 0.3 is 0 Å². The van der Waals surface area contributed by atoms with Gasteiger partial charge in [-0.3, -0.25) is 4.79 Å². The highest BCUT2D eigenvalue weighted by atomic mass is 16.3. The predicted molar refractivity (Wildman–Crippen MR) is 80.5 cm³/mol. The van der Waals surface area contributed by atoms with Crippen LogP contribution >= 0.6 is 0 Å². The molecule has 0 aliphatic carbocycles. The van der Waals surface area contributed by atoms with Gasteiger partial charge in [0.25, 0.3) is 0 Å². The Labute approximate surface area is 121 Å². The highest BCUT2D eigenvalue weighted by molar-refractivity contribution is 5.78.